The van der Waals surface area contributed by atoms with Gasteiger partial charge in [0, 0.05) is 32.3 Å². The third-order valence-electron chi connectivity index (χ3n) is 6.06. The summed E-state index contributed by atoms with van der Waals surface area (Å²) in [5.41, 5.74) is 0. The van der Waals surface area contributed by atoms with Crippen molar-refractivity contribution in [2.24, 2.45) is 17.8 Å². The summed E-state index contributed by atoms with van der Waals surface area (Å²) in [6, 6.07) is 0.663. The van der Waals surface area contributed by atoms with E-state index in [0.717, 1.165) is 18.3 Å². The van der Waals surface area contributed by atoms with Gasteiger partial charge >= 0.3 is 0 Å². The van der Waals surface area contributed by atoms with E-state index in [-0.39, 0.29) is 0 Å². The number of aliphatic hydroxyl groups is 1. The van der Waals surface area contributed by atoms with E-state index in [4.69, 9.17) is 0 Å². The van der Waals surface area contributed by atoms with Crippen molar-refractivity contribution in [1.29, 1.82) is 0 Å². The predicted molar refractivity (Wildman–Crippen MR) is 87.3 cm³/mol. The summed E-state index contributed by atoms with van der Waals surface area (Å²) in [6.07, 6.45) is 12.4. The highest BCUT2D eigenvalue weighted by Crippen LogP contribution is 2.30. The predicted octanol–water partition coefficient (Wildman–Crippen LogP) is 2.64. The second-order valence-corrected chi connectivity index (χ2v) is 7.89. The molecule has 122 valence electrons. The molecule has 3 heteroatoms. The van der Waals surface area contributed by atoms with Gasteiger partial charge in [-0.05, 0) is 62.8 Å². The molecule has 0 aromatic carbocycles. The van der Waals surface area contributed by atoms with Crippen molar-refractivity contribution in [2.45, 2.75) is 63.8 Å². The van der Waals surface area contributed by atoms with E-state index in [9.17, 15) is 5.11 Å². The third kappa shape index (κ3) is 4.67. The zero-order chi connectivity index (χ0) is 14.5. The van der Waals surface area contributed by atoms with Crippen LogP contribution in [0.1, 0.15) is 57.8 Å². The lowest BCUT2D eigenvalue weighted by Gasteiger charge is -2.41. The van der Waals surface area contributed by atoms with Gasteiger partial charge in [0.05, 0.1) is 0 Å². The maximum Gasteiger partial charge on any atom is 0.0434 e. The molecule has 0 radical (unpaired) electrons. The summed E-state index contributed by atoms with van der Waals surface area (Å²) in [6.45, 7) is 5.36. The lowest BCUT2D eigenvalue weighted by Crippen LogP contribution is -2.51. The molecule has 2 unspecified atom stereocenters. The Balaban J connectivity index is 1.46. The average molecular weight is 294 g/mol. The lowest BCUT2D eigenvalue weighted by molar-refractivity contribution is 0.0890. The monoisotopic (exact) mass is 294 g/mol. The highest BCUT2D eigenvalue weighted by atomic mass is 16.3. The molecule has 2 N–H and O–H groups in total. The molecule has 3 rings (SSSR count). The molecule has 3 nitrogen and oxygen atoms in total. The zero-order valence-electron chi connectivity index (χ0n) is 13.6. The van der Waals surface area contributed by atoms with Crippen molar-refractivity contribution in [3.05, 3.63) is 0 Å². The fraction of sp³-hybridized carbons (Fsp3) is 1.00. The molecule has 0 aromatic heterocycles. The fourth-order valence-electron chi connectivity index (χ4n) is 4.58. The van der Waals surface area contributed by atoms with Gasteiger partial charge in [-0.2, -0.15) is 0 Å². The van der Waals surface area contributed by atoms with Gasteiger partial charge in [0.15, 0.2) is 0 Å². The Morgan fingerprint density at radius 2 is 1.67 bits per heavy atom. The zero-order valence-corrected chi connectivity index (χ0v) is 13.6. The van der Waals surface area contributed by atoms with Crippen LogP contribution in [0.15, 0.2) is 0 Å². The first kappa shape index (κ1) is 15.8. The van der Waals surface area contributed by atoms with Crippen LogP contribution in [0, 0.1) is 17.8 Å². The maximum atomic E-state index is 9.29. The first-order chi connectivity index (χ1) is 10.3. The Hall–Kier alpha value is -0.120. The van der Waals surface area contributed by atoms with E-state index in [2.05, 4.69) is 10.2 Å². The van der Waals surface area contributed by atoms with Gasteiger partial charge in [0.1, 0.15) is 0 Å². The number of hydrogen-bond donors (Lipinski definition) is 2. The number of likely N-dealkylation sites (tertiary alicyclic amines) is 1. The van der Waals surface area contributed by atoms with Gasteiger partial charge in [-0.3, -0.25) is 0 Å². The largest absolute Gasteiger partial charge is 0.396 e. The molecule has 3 aliphatic rings. The van der Waals surface area contributed by atoms with Gasteiger partial charge in [-0.25, -0.2) is 0 Å². The molecular formula is C18H34N2O. The summed E-state index contributed by atoms with van der Waals surface area (Å²) in [4.78, 5) is 2.69. The second-order valence-electron chi connectivity index (χ2n) is 7.89. The Kier molecular flexibility index (Phi) is 5.96. The van der Waals surface area contributed by atoms with E-state index in [1.54, 1.807) is 0 Å². The van der Waals surface area contributed by atoms with Crippen molar-refractivity contribution in [1.82, 2.24) is 10.2 Å². The molecule has 2 atom stereocenters. The number of piperidine rings is 1. The van der Waals surface area contributed by atoms with Crippen molar-refractivity contribution in [3.8, 4) is 0 Å². The highest BCUT2D eigenvalue weighted by Gasteiger charge is 2.30. The van der Waals surface area contributed by atoms with E-state index >= 15 is 0 Å². The van der Waals surface area contributed by atoms with Gasteiger partial charge < -0.3 is 15.3 Å². The van der Waals surface area contributed by atoms with Crippen LogP contribution < -0.4 is 5.32 Å². The second kappa shape index (κ2) is 7.94. The minimum atomic E-state index is 0.358. The Morgan fingerprint density at radius 1 is 0.905 bits per heavy atom. The molecule has 0 amide bonds. The van der Waals surface area contributed by atoms with Crippen molar-refractivity contribution < 1.29 is 5.11 Å². The van der Waals surface area contributed by atoms with Gasteiger partial charge in [0.2, 0.25) is 0 Å². The molecule has 1 aliphatic heterocycles. The van der Waals surface area contributed by atoms with E-state index in [1.807, 2.05) is 0 Å². The molecule has 2 saturated carbocycles. The third-order valence-corrected chi connectivity index (χ3v) is 6.06. The van der Waals surface area contributed by atoms with Crippen LogP contribution in [-0.4, -0.2) is 48.8 Å². The summed E-state index contributed by atoms with van der Waals surface area (Å²) < 4.78 is 0. The first-order valence-corrected chi connectivity index (χ1v) is 9.40. The Morgan fingerprint density at radius 3 is 2.33 bits per heavy atom. The van der Waals surface area contributed by atoms with Crippen LogP contribution in [0.25, 0.3) is 0 Å². The van der Waals surface area contributed by atoms with Gasteiger partial charge in [-0.15, -0.1) is 0 Å². The standard InChI is InChI=1S/C18H34N2O/c21-9-8-17-10-18(19-11-15-4-1-2-5-15)14-20(13-17)12-16-6-3-7-16/h15-19,21H,1-14H2. The lowest BCUT2D eigenvalue weighted by atomic mass is 9.83. The summed E-state index contributed by atoms with van der Waals surface area (Å²) in [7, 11) is 0. The van der Waals surface area contributed by atoms with Crippen LogP contribution in [0.4, 0.5) is 0 Å². The van der Waals surface area contributed by atoms with Crippen LogP contribution in [0.2, 0.25) is 0 Å². The topological polar surface area (TPSA) is 35.5 Å². The van der Waals surface area contributed by atoms with Crippen molar-refractivity contribution in [2.75, 3.05) is 32.8 Å². The van der Waals surface area contributed by atoms with Crippen molar-refractivity contribution >= 4 is 0 Å². The average Bonchev–Trinajstić information content (AvgIpc) is 2.94. The molecule has 1 saturated heterocycles. The molecule has 0 bridgehead atoms. The Labute approximate surface area is 130 Å². The van der Waals surface area contributed by atoms with E-state index in [0.29, 0.717) is 18.6 Å². The SMILES string of the molecule is OCCC1CC(NCC2CCCC2)CN(CC2CCC2)C1. The van der Waals surface area contributed by atoms with Crippen LogP contribution in [-0.2, 0) is 0 Å². The molecule has 2 aliphatic carbocycles. The Bertz CT molecular complexity index is 300. The van der Waals surface area contributed by atoms with E-state index < -0.39 is 0 Å². The number of nitrogens with zero attached hydrogens (tertiary/aromatic N) is 1. The van der Waals surface area contributed by atoms with Crippen LogP contribution in [0.5, 0.6) is 0 Å². The van der Waals surface area contributed by atoms with Crippen molar-refractivity contribution in [3.63, 3.8) is 0 Å². The molecule has 21 heavy (non-hydrogen) atoms. The fourth-order valence-corrected chi connectivity index (χ4v) is 4.58. The summed E-state index contributed by atoms with van der Waals surface area (Å²) in [5, 5.41) is 13.2. The minimum Gasteiger partial charge on any atom is -0.396 e. The highest BCUT2D eigenvalue weighted by molar-refractivity contribution is 4.86. The quantitative estimate of drug-likeness (QED) is 0.758. The minimum absolute atomic E-state index is 0.358. The smallest absolute Gasteiger partial charge is 0.0434 e. The number of rotatable bonds is 7. The molecule has 3 fully saturated rings. The number of hydrogen-bond acceptors (Lipinski definition) is 3. The van der Waals surface area contributed by atoms with Gasteiger partial charge in [-0.1, -0.05) is 19.3 Å². The summed E-state index contributed by atoms with van der Waals surface area (Å²) >= 11 is 0. The number of aliphatic hydroxyl groups excluding tert-OH is 1. The summed E-state index contributed by atoms with van der Waals surface area (Å²) in [5.74, 6) is 2.60. The normalized spacial score (nSPS) is 32.4. The molecule has 0 aromatic rings. The molecular weight excluding hydrogens is 260 g/mol. The molecule has 0 spiro atoms. The van der Waals surface area contributed by atoms with Crippen LogP contribution >= 0.6 is 0 Å². The van der Waals surface area contributed by atoms with E-state index in [1.165, 1.54) is 77.5 Å². The number of nitrogens with one attached hydrogen (secondary N) is 1. The van der Waals surface area contributed by atoms with Crippen LogP contribution in [0.3, 0.4) is 0 Å². The first-order valence-electron chi connectivity index (χ1n) is 9.40. The van der Waals surface area contributed by atoms with Gasteiger partial charge in [0.25, 0.3) is 0 Å². The molecule has 1 heterocycles. The maximum absolute atomic E-state index is 9.29.